The predicted molar refractivity (Wildman–Crippen MR) is 120 cm³/mol. The van der Waals surface area contributed by atoms with E-state index in [2.05, 4.69) is 31.8 Å². The van der Waals surface area contributed by atoms with Gasteiger partial charge < -0.3 is 4.74 Å². The van der Waals surface area contributed by atoms with E-state index < -0.39 is 13.7 Å². The van der Waals surface area contributed by atoms with Gasteiger partial charge in [0, 0.05) is 10.9 Å². The lowest BCUT2D eigenvalue weighted by atomic mass is 9.97. The standard InChI is InChI=1S/C24H29NO2Si/c1-16-21(23(26)27-24(2,3)4)19-15-18(28(5,6)7)13-14-20(19)25-22(16)17-11-9-8-10-12-17/h8-15H,1-7H3. The van der Waals surface area contributed by atoms with E-state index in [1.807, 2.05) is 64.1 Å². The van der Waals surface area contributed by atoms with Gasteiger partial charge >= 0.3 is 5.97 Å². The molecular formula is C24H29NO2Si. The Labute approximate surface area is 168 Å². The van der Waals surface area contributed by atoms with Gasteiger partial charge in [-0.15, -0.1) is 0 Å². The number of fused-ring (bicyclic) bond motifs is 1. The molecule has 2 aromatic carbocycles. The largest absolute Gasteiger partial charge is 0.456 e. The first-order chi connectivity index (χ1) is 13.0. The van der Waals surface area contributed by atoms with E-state index in [0.717, 1.165) is 27.7 Å². The lowest BCUT2D eigenvalue weighted by Crippen LogP contribution is -2.37. The molecule has 0 fully saturated rings. The van der Waals surface area contributed by atoms with Crippen molar-refractivity contribution in [2.24, 2.45) is 0 Å². The summed E-state index contributed by atoms with van der Waals surface area (Å²) in [5.41, 5.74) is 3.59. The zero-order valence-electron chi connectivity index (χ0n) is 17.9. The second kappa shape index (κ2) is 7.17. The normalized spacial score (nSPS) is 12.2. The van der Waals surface area contributed by atoms with Crippen molar-refractivity contribution >= 4 is 30.1 Å². The number of benzene rings is 2. The third kappa shape index (κ3) is 4.17. The molecule has 0 saturated carbocycles. The van der Waals surface area contributed by atoms with Crippen LogP contribution in [0.15, 0.2) is 48.5 Å². The Hall–Kier alpha value is -2.46. The predicted octanol–water partition coefficient (Wildman–Crippen LogP) is 5.71. The molecule has 1 heterocycles. The highest BCUT2D eigenvalue weighted by atomic mass is 28.3. The first kappa shape index (κ1) is 20.3. The van der Waals surface area contributed by atoms with Crippen LogP contribution in [0, 0.1) is 6.92 Å². The summed E-state index contributed by atoms with van der Waals surface area (Å²) in [6, 6.07) is 16.4. The summed E-state index contributed by atoms with van der Waals surface area (Å²) in [7, 11) is -1.53. The number of pyridine rings is 1. The molecule has 0 amide bonds. The van der Waals surface area contributed by atoms with Gasteiger partial charge in [0.05, 0.1) is 24.8 Å². The maximum absolute atomic E-state index is 13.2. The number of carbonyl (C=O) groups is 1. The molecule has 0 atom stereocenters. The van der Waals surface area contributed by atoms with Gasteiger partial charge in [0.2, 0.25) is 0 Å². The van der Waals surface area contributed by atoms with Crippen LogP contribution < -0.4 is 5.19 Å². The van der Waals surface area contributed by atoms with Gasteiger partial charge in [-0.2, -0.15) is 0 Å². The second-order valence-corrected chi connectivity index (χ2v) is 14.4. The van der Waals surface area contributed by atoms with Crippen LogP contribution in [-0.4, -0.2) is 24.6 Å². The van der Waals surface area contributed by atoms with Crippen LogP contribution in [0.5, 0.6) is 0 Å². The van der Waals surface area contributed by atoms with Crippen molar-refractivity contribution in [1.82, 2.24) is 4.98 Å². The maximum Gasteiger partial charge on any atom is 0.339 e. The highest BCUT2D eigenvalue weighted by molar-refractivity contribution is 6.88. The van der Waals surface area contributed by atoms with E-state index >= 15 is 0 Å². The summed E-state index contributed by atoms with van der Waals surface area (Å²) in [6.45, 7) is 14.6. The number of carbonyl (C=O) groups excluding carboxylic acids is 1. The molecule has 0 aliphatic carbocycles. The quantitative estimate of drug-likeness (QED) is 0.424. The molecule has 0 radical (unpaired) electrons. The Bertz CT molecular complexity index is 1030. The van der Waals surface area contributed by atoms with Crippen molar-refractivity contribution in [2.75, 3.05) is 0 Å². The average molecular weight is 392 g/mol. The van der Waals surface area contributed by atoms with Crippen molar-refractivity contribution < 1.29 is 9.53 Å². The smallest absolute Gasteiger partial charge is 0.339 e. The number of ether oxygens (including phenoxy) is 1. The van der Waals surface area contributed by atoms with E-state index in [-0.39, 0.29) is 5.97 Å². The van der Waals surface area contributed by atoms with E-state index in [1.165, 1.54) is 5.19 Å². The first-order valence-electron chi connectivity index (χ1n) is 9.71. The van der Waals surface area contributed by atoms with Crippen molar-refractivity contribution in [3.05, 3.63) is 59.7 Å². The summed E-state index contributed by atoms with van der Waals surface area (Å²) in [4.78, 5) is 18.1. The van der Waals surface area contributed by atoms with Crippen LogP contribution in [-0.2, 0) is 4.74 Å². The fourth-order valence-electron chi connectivity index (χ4n) is 3.29. The zero-order chi connectivity index (χ0) is 20.7. The van der Waals surface area contributed by atoms with Crippen LogP contribution >= 0.6 is 0 Å². The van der Waals surface area contributed by atoms with Gasteiger partial charge in [0.25, 0.3) is 0 Å². The summed E-state index contributed by atoms with van der Waals surface area (Å²) in [5.74, 6) is -0.290. The molecule has 0 spiro atoms. The lowest BCUT2D eigenvalue weighted by molar-refractivity contribution is 0.00711. The molecule has 0 bridgehead atoms. The Morgan fingerprint density at radius 2 is 1.64 bits per heavy atom. The van der Waals surface area contributed by atoms with Crippen LogP contribution in [0.4, 0.5) is 0 Å². The highest BCUT2D eigenvalue weighted by Crippen LogP contribution is 2.31. The number of rotatable bonds is 3. The van der Waals surface area contributed by atoms with Crippen molar-refractivity contribution in [3.8, 4) is 11.3 Å². The van der Waals surface area contributed by atoms with Crippen LogP contribution in [0.3, 0.4) is 0 Å². The SMILES string of the molecule is Cc1c(-c2ccccc2)nc2ccc([Si](C)(C)C)cc2c1C(=O)OC(C)(C)C. The Kier molecular flexibility index (Phi) is 5.19. The molecule has 0 aliphatic heterocycles. The van der Waals surface area contributed by atoms with Crippen LogP contribution in [0.1, 0.15) is 36.7 Å². The molecule has 28 heavy (non-hydrogen) atoms. The molecule has 3 rings (SSSR count). The van der Waals surface area contributed by atoms with E-state index in [0.29, 0.717) is 5.56 Å². The minimum atomic E-state index is -1.53. The molecule has 0 saturated heterocycles. The monoisotopic (exact) mass is 391 g/mol. The molecule has 0 aliphatic rings. The van der Waals surface area contributed by atoms with Crippen molar-refractivity contribution in [3.63, 3.8) is 0 Å². The zero-order valence-corrected chi connectivity index (χ0v) is 18.9. The Morgan fingerprint density at radius 3 is 2.21 bits per heavy atom. The van der Waals surface area contributed by atoms with Gasteiger partial charge in [-0.1, -0.05) is 67.3 Å². The Morgan fingerprint density at radius 1 is 1.00 bits per heavy atom. The van der Waals surface area contributed by atoms with Gasteiger partial charge in [-0.25, -0.2) is 9.78 Å². The van der Waals surface area contributed by atoms with Crippen molar-refractivity contribution in [1.29, 1.82) is 0 Å². The molecular weight excluding hydrogens is 362 g/mol. The molecule has 3 aromatic rings. The third-order valence-corrected chi connectivity index (χ3v) is 6.79. The lowest BCUT2D eigenvalue weighted by Gasteiger charge is -2.23. The third-order valence-electron chi connectivity index (χ3n) is 4.74. The number of hydrogen-bond donors (Lipinski definition) is 0. The summed E-state index contributed by atoms with van der Waals surface area (Å²) >= 11 is 0. The average Bonchev–Trinajstić information content (AvgIpc) is 2.59. The fraction of sp³-hybridized carbons (Fsp3) is 0.333. The molecule has 4 heteroatoms. The van der Waals surface area contributed by atoms with Gasteiger partial charge in [0.1, 0.15) is 5.60 Å². The van der Waals surface area contributed by atoms with Gasteiger partial charge in [-0.3, -0.25) is 0 Å². The molecule has 146 valence electrons. The first-order valence-corrected chi connectivity index (χ1v) is 13.2. The summed E-state index contributed by atoms with van der Waals surface area (Å²) in [6.07, 6.45) is 0. The van der Waals surface area contributed by atoms with E-state index in [9.17, 15) is 4.79 Å². The van der Waals surface area contributed by atoms with E-state index in [4.69, 9.17) is 9.72 Å². The maximum atomic E-state index is 13.2. The molecule has 1 aromatic heterocycles. The fourth-order valence-corrected chi connectivity index (χ4v) is 4.45. The van der Waals surface area contributed by atoms with Crippen LogP contribution in [0.2, 0.25) is 19.6 Å². The minimum absolute atomic E-state index is 0.290. The number of nitrogens with zero attached hydrogens (tertiary/aromatic N) is 1. The van der Waals surface area contributed by atoms with Crippen molar-refractivity contribution in [2.45, 2.75) is 52.9 Å². The molecule has 0 N–H and O–H groups in total. The molecule has 3 nitrogen and oxygen atoms in total. The topological polar surface area (TPSA) is 39.2 Å². The van der Waals surface area contributed by atoms with E-state index in [1.54, 1.807) is 0 Å². The number of esters is 1. The number of aromatic nitrogens is 1. The van der Waals surface area contributed by atoms with Crippen LogP contribution in [0.25, 0.3) is 22.2 Å². The van der Waals surface area contributed by atoms with Gasteiger partial charge in [0.15, 0.2) is 0 Å². The Balaban J connectivity index is 2.33. The minimum Gasteiger partial charge on any atom is -0.456 e. The second-order valence-electron chi connectivity index (χ2n) is 9.31. The summed E-state index contributed by atoms with van der Waals surface area (Å²) < 4.78 is 5.77. The number of hydrogen-bond acceptors (Lipinski definition) is 3. The van der Waals surface area contributed by atoms with Gasteiger partial charge in [-0.05, 0) is 39.3 Å². The summed E-state index contributed by atoms with van der Waals surface area (Å²) in [5, 5.41) is 2.19. The highest BCUT2D eigenvalue weighted by Gasteiger charge is 2.26. The molecule has 0 unspecified atom stereocenters.